The van der Waals surface area contributed by atoms with E-state index in [1.165, 1.54) is 5.56 Å². The van der Waals surface area contributed by atoms with E-state index in [0.29, 0.717) is 36.7 Å². The first-order valence-corrected chi connectivity index (χ1v) is 11.7. The second kappa shape index (κ2) is 11.0. The van der Waals surface area contributed by atoms with Gasteiger partial charge in [0, 0.05) is 25.2 Å². The Hall–Kier alpha value is -4.00. The predicted octanol–water partition coefficient (Wildman–Crippen LogP) is 4.79. The number of nitrogens with zero attached hydrogens (tertiary/aromatic N) is 1. The van der Waals surface area contributed by atoms with Gasteiger partial charge in [0.1, 0.15) is 0 Å². The third-order valence-corrected chi connectivity index (χ3v) is 6.22. The van der Waals surface area contributed by atoms with Gasteiger partial charge in [-0.05, 0) is 55.3 Å². The fourth-order valence-corrected chi connectivity index (χ4v) is 4.19. The van der Waals surface area contributed by atoms with Crippen LogP contribution in [0.5, 0.6) is 11.5 Å². The van der Waals surface area contributed by atoms with E-state index in [2.05, 4.69) is 10.6 Å². The zero-order valence-corrected chi connectivity index (χ0v) is 20.3. The maximum Gasteiger partial charge on any atom is 0.229 e. The number of carbonyl (C=O) groups excluding carboxylic acids is 2. The summed E-state index contributed by atoms with van der Waals surface area (Å²) in [7, 11) is 3.20. The first-order chi connectivity index (χ1) is 17.0. The predicted molar refractivity (Wildman–Crippen MR) is 137 cm³/mol. The Morgan fingerprint density at radius 3 is 2.40 bits per heavy atom. The molecule has 2 N–H and O–H groups in total. The fourth-order valence-electron chi connectivity index (χ4n) is 4.19. The number of anilines is 3. The van der Waals surface area contributed by atoms with Crippen molar-refractivity contribution in [2.75, 3.05) is 37.9 Å². The molecule has 0 spiro atoms. The molecule has 0 saturated carbocycles. The standard InChI is InChI=1S/C28H31N3O4/c1-19-8-11-22(12-9-19)29-23-6-4-5-7-24(23)30-28(33)21-17-27(32)31(18-21)15-14-20-10-13-25(34-2)26(16-20)35-3/h4-13,16,21,29H,14-15,17-18H2,1-3H3,(H,30,33). The van der Waals surface area contributed by atoms with Gasteiger partial charge in [-0.1, -0.05) is 35.9 Å². The summed E-state index contributed by atoms with van der Waals surface area (Å²) >= 11 is 0. The topological polar surface area (TPSA) is 79.9 Å². The molecule has 7 nitrogen and oxygen atoms in total. The maximum absolute atomic E-state index is 13.0. The van der Waals surface area contributed by atoms with Crippen molar-refractivity contribution in [1.82, 2.24) is 4.90 Å². The number of methoxy groups -OCH3 is 2. The van der Waals surface area contributed by atoms with Gasteiger partial charge in [-0.2, -0.15) is 0 Å². The molecule has 0 radical (unpaired) electrons. The number of ether oxygens (including phenoxy) is 2. The number of hydrogen-bond acceptors (Lipinski definition) is 5. The number of nitrogens with one attached hydrogen (secondary N) is 2. The van der Waals surface area contributed by atoms with Gasteiger partial charge in [-0.25, -0.2) is 0 Å². The van der Waals surface area contributed by atoms with Gasteiger partial charge in [0.2, 0.25) is 11.8 Å². The third-order valence-electron chi connectivity index (χ3n) is 6.22. The van der Waals surface area contributed by atoms with Crippen molar-refractivity contribution in [3.63, 3.8) is 0 Å². The number of para-hydroxylation sites is 2. The van der Waals surface area contributed by atoms with Gasteiger partial charge in [0.15, 0.2) is 11.5 Å². The Morgan fingerprint density at radius 1 is 0.971 bits per heavy atom. The van der Waals surface area contributed by atoms with Crippen LogP contribution in [0, 0.1) is 12.8 Å². The zero-order chi connectivity index (χ0) is 24.8. The monoisotopic (exact) mass is 473 g/mol. The minimum Gasteiger partial charge on any atom is -0.493 e. The molecule has 0 aliphatic carbocycles. The highest BCUT2D eigenvalue weighted by Gasteiger charge is 2.34. The Morgan fingerprint density at radius 2 is 1.69 bits per heavy atom. The molecule has 0 aromatic heterocycles. The van der Waals surface area contributed by atoms with Gasteiger partial charge in [-0.15, -0.1) is 0 Å². The lowest BCUT2D eigenvalue weighted by atomic mass is 10.1. The van der Waals surface area contributed by atoms with Crippen molar-refractivity contribution in [3.8, 4) is 11.5 Å². The number of benzene rings is 3. The van der Waals surface area contributed by atoms with Crippen LogP contribution in [0.4, 0.5) is 17.1 Å². The summed E-state index contributed by atoms with van der Waals surface area (Å²) in [4.78, 5) is 27.4. The zero-order valence-electron chi connectivity index (χ0n) is 20.3. The van der Waals surface area contributed by atoms with Crippen LogP contribution < -0.4 is 20.1 Å². The lowest BCUT2D eigenvalue weighted by Crippen LogP contribution is -2.30. The third kappa shape index (κ3) is 5.93. The Kier molecular flexibility index (Phi) is 7.55. The van der Waals surface area contributed by atoms with Gasteiger partial charge >= 0.3 is 0 Å². The molecule has 3 aromatic rings. The van der Waals surface area contributed by atoms with Crippen LogP contribution in [0.1, 0.15) is 17.5 Å². The van der Waals surface area contributed by atoms with Crippen molar-refractivity contribution in [1.29, 1.82) is 0 Å². The molecule has 1 aliphatic heterocycles. The summed E-state index contributed by atoms with van der Waals surface area (Å²) in [6.45, 7) is 2.99. The first kappa shape index (κ1) is 24.1. The normalized spacial score (nSPS) is 15.1. The van der Waals surface area contributed by atoms with Crippen molar-refractivity contribution in [3.05, 3.63) is 77.9 Å². The largest absolute Gasteiger partial charge is 0.493 e. The molecule has 182 valence electrons. The number of amides is 2. The van der Waals surface area contributed by atoms with Crippen LogP contribution in [-0.4, -0.2) is 44.0 Å². The van der Waals surface area contributed by atoms with E-state index in [0.717, 1.165) is 16.9 Å². The van der Waals surface area contributed by atoms with Crippen molar-refractivity contribution in [2.24, 2.45) is 5.92 Å². The molecular weight excluding hydrogens is 442 g/mol. The Balaban J connectivity index is 1.36. The smallest absolute Gasteiger partial charge is 0.229 e. The molecule has 1 atom stereocenters. The highest BCUT2D eigenvalue weighted by atomic mass is 16.5. The Bertz CT molecular complexity index is 1190. The molecule has 3 aromatic carbocycles. The number of carbonyl (C=O) groups is 2. The van der Waals surface area contributed by atoms with E-state index in [1.54, 1.807) is 19.1 Å². The fraction of sp³-hybridized carbons (Fsp3) is 0.286. The van der Waals surface area contributed by atoms with Crippen LogP contribution in [0.25, 0.3) is 0 Å². The number of likely N-dealkylation sites (tertiary alicyclic amines) is 1. The molecule has 1 aliphatic rings. The number of hydrogen-bond donors (Lipinski definition) is 2. The van der Waals surface area contributed by atoms with Gasteiger partial charge < -0.3 is 25.0 Å². The lowest BCUT2D eigenvalue weighted by Gasteiger charge is -2.18. The molecular formula is C28H31N3O4. The molecule has 2 amide bonds. The van der Waals surface area contributed by atoms with Crippen LogP contribution in [0.2, 0.25) is 0 Å². The molecule has 1 heterocycles. The van der Waals surface area contributed by atoms with E-state index in [-0.39, 0.29) is 24.2 Å². The summed E-state index contributed by atoms with van der Waals surface area (Å²) in [5, 5.41) is 6.37. The second-order valence-corrected chi connectivity index (χ2v) is 8.71. The van der Waals surface area contributed by atoms with Crippen molar-refractivity contribution in [2.45, 2.75) is 19.8 Å². The highest BCUT2D eigenvalue weighted by molar-refractivity contribution is 5.99. The van der Waals surface area contributed by atoms with Crippen LogP contribution in [-0.2, 0) is 16.0 Å². The minimum absolute atomic E-state index is 0.00306. The average Bonchev–Trinajstić information content (AvgIpc) is 3.25. The second-order valence-electron chi connectivity index (χ2n) is 8.71. The molecule has 1 saturated heterocycles. The summed E-state index contributed by atoms with van der Waals surface area (Å²) in [6, 6.07) is 21.4. The van der Waals surface area contributed by atoms with E-state index in [1.807, 2.05) is 73.7 Å². The number of rotatable bonds is 9. The van der Waals surface area contributed by atoms with Crippen LogP contribution >= 0.6 is 0 Å². The molecule has 4 rings (SSSR count). The van der Waals surface area contributed by atoms with Crippen molar-refractivity contribution < 1.29 is 19.1 Å². The van der Waals surface area contributed by atoms with Gasteiger partial charge in [0.05, 0.1) is 31.5 Å². The number of aryl methyl sites for hydroxylation is 1. The van der Waals surface area contributed by atoms with Crippen molar-refractivity contribution >= 4 is 28.9 Å². The maximum atomic E-state index is 13.0. The molecule has 1 fully saturated rings. The first-order valence-electron chi connectivity index (χ1n) is 11.7. The van der Waals surface area contributed by atoms with E-state index in [4.69, 9.17) is 9.47 Å². The van der Waals surface area contributed by atoms with Gasteiger partial charge in [0.25, 0.3) is 0 Å². The molecule has 7 heteroatoms. The highest BCUT2D eigenvalue weighted by Crippen LogP contribution is 2.29. The quantitative estimate of drug-likeness (QED) is 0.467. The average molecular weight is 474 g/mol. The minimum atomic E-state index is -0.389. The lowest BCUT2D eigenvalue weighted by molar-refractivity contribution is -0.128. The van der Waals surface area contributed by atoms with Crippen LogP contribution in [0.3, 0.4) is 0 Å². The SMILES string of the molecule is COc1ccc(CCN2CC(C(=O)Nc3ccccc3Nc3ccc(C)cc3)CC2=O)cc1OC. The van der Waals surface area contributed by atoms with E-state index >= 15 is 0 Å². The summed E-state index contributed by atoms with van der Waals surface area (Å²) in [5.74, 6) is 0.789. The molecule has 0 bridgehead atoms. The van der Waals surface area contributed by atoms with Gasteiger partial charge in [-0.3, -0.25) is 9.59 Å². The molecule has 35 heavy (non-hydrogen) atoms. The van der Waals surface area contributed by atoms with Crippen LogP contribution in [0.15, 0.2) is 66.7 Å². The summed E-state index contributed by atoms with van der Waals surface area (Å²) < 4.78 is 10.6. The van der Waals surface area contributed by atoms with E-state index < -0.39 is 0 Å². The Labute approximate surface area is 206 Å². The van der Waals surface area contributed by atoms with E-state index in [9.17, 15) is 9.59 Å². The summed E-state index contributed by atoms with van der Waals surface area (Å²) in [5.41, 5.74) is 4.65. The summed E-state index contributed by atoms with van der Waals surface area (Å²) in [6.07, 6.45) is 0.884. The molecule has 1 unspecified atom stereocenters.